The SMILES string of the molecule is CCn1c(SCC(=O)Nc2ccc(Cl)cc2F)nnc1-c1ccco1. The summed E-state index contributed by atoms with van der Waals surface area (Å²) >= 11 is 6.90. The minimum absolute atomic E-state index is 0.0678. The van der Waals surface area contributed by atoms with Gasteiger partial charge < -0.3 is 9.73 Å². The Balaban J connectivity index is 1.66. The first-order chi connectivity index (χ1) is 12.1. The van der Waals surface area contributed by atoms with Gasteiger partial charge in [0.1, 0.15) is 5.82 Å². The van der Waals surface area contributed by atoms with Crippen molar-refractivity contribution < 1.29 is 13.6 Å². The maximum Gasteiger partial charge on any atom is 0.234 e. The molecule has 0 saturated carbocycles. The second kappa shape index (κ2) is 7.71. The van der Waals surface area contributed by atoms with Crippen molar-refractivity contribution in [3.05, 3.63) is 47.4 Å². The van der Waals surface area contributed by atoms with Gasteiger partial charge >= 0.3 is 0 Å². The van der Waals surface area contributed by atoms with Gasteiger partial charge in [0.15, 0.2) is 16.7 Å². The van der Waals surface area contributed by atoms with E-state index in [1.807, 2.05) is 11.5 Å². The lowest BCUT2D eigenvalue weighted by Crippen LogP contribution is -2.15. The number of anilines is 1. The van der Waals surface area contributed by atoms with Gasteiger partial charge in [0.25, 0.3) is 0 Å². The molecular weight excluding hydrogens is 367 g/mol. The number of amides is 1. The third kappa shape index (κ3) is 4.02. The molecule has 0 aliphatic carbocycles. The van der Waals surface area contributed by atoms with E-state index in [1.165, 1.54) is 23.9 Å². The van der Waals surface area contributed by atoms with Gasteiger partial charge in [-0.3, -0.25) is 9.36 Å². The number of carbonyl (C=O) groups excluding carboxylic acids is 1. The van der Waals surface area contributed by atoms with E-state index < -0.39 is 5.82 Å². The maximum atomic E-state index is 13.7. The summed E-state index contributed by atoms with van der Waals surface area (Å²) < 4.78 is 20.9. The molecule has 0 spiro atoms. The van der Waals surface area contributed by atoms with Gasteiger partial charge in [0, 0.05) is 11.6 Å². The van der Waals surface area contributed by atoms with Crippen molar-refractivity contribution >= 4 is 35.0 Å². The first-order valence-electron chi connectivity index (χ1n) is 7.43. The number of aromatic nitrogens is 3. The molecule has 1 aromatic carbocycles. The summed E-state index contributed by atoms with van der Waals surface area (Å²) in [7, 11) is 0. The summed E-state index contributed by atoms with van der Waals surface area (Å²) in [5, 5.41) is 11.6. The molecule has 1 N–H and O–H groups in total. The molecule has 6 nitrogen and oxygen atoms in total. The summed E-state index contributed by atoms with van der Waals surface area (Å²) in [4.78, 5) is 12.1. The summed E-state index contributed by atoms with van der Waals surface area (Å²) in [6.45, 7) is 2.57. The molecular formula is C16H14ClFN4O2S. The number of hydrogen-bond donors (Lipinski definition) is 1. The van der Waals surface area contributed by atoms with E-state index in [9.17, 15) is 9.18 Å². The zero-order valence-corrected chi connectivity index (χ0v) is 14.8. The Morgan fingerprint density at radius 1 is 1.40 bits per heavy atom. The van der Waals surface area contributed by atoms with Gasteiger partial charge in [-0.15, -0.1) is 10.2 Å². The molecule has 0 aliphatic heterocycles. The maximum absolute atomic E-state index is 13.7. The number of rotatable bonds is 6. The van der Waals surface area contributed by atoms with Gasteiger partial charge in [0.2, 0.25) is 5.91 Å². The third-order valence-corrected chi connectivity index (χ3v) is 4.51. The quantitative estimate of drug-likeness (QED) is 0.652. The Kier molecular flexibility index (Phi) is 5.40. The van der Waals surface area contributed by atoms with Crippen LogP contribution >= 0.6 is 23.4 Å². The van der Waals surface area contributed by atoms with E-state index in [4.69, 9.17) is 16.0 Å². The van der Waals surface area contributed by atoms with E-state index >= 15 is 0 Å². The minimum atomic E-state index is -0.581. The van der Waals surface area contributed by atoms with Crippen LogP contribution in [0.1, 0.15) is 6.92 Å². The molecule has 130 valence electrons. The van der Waals surface area contributed by atoms with Crippen molar-refractivity contribution in [2.45, 2.75) is 18.6 Å². The van der Waals surface area contributed by atoms with Crippen LogP contribution in [-0.2, 0) is 11.3 Å². The largest absolute Gasteiger partial charge is 0.461 e. The highest BCUT2D eigenvalue weighted by atomic mass is 35.5. The number of carbonyl (C=O) groups is 1. The molecule has 0 fully saturated rings. The molecule has 25 heavy (non-hydrogen) atoms. The highest BCUT2D eigenvalue weighted by Gasteiger charge is 2.16. The monoisotopic (exact) mass is 380 g/mol. The topological polar surface area (TPSA) is 73.0 Å². The van der Waals surface area contributed by atoms with Gasteiger partial charge in [-0.05, 0) is 37.3 Å². The van der Waals surface area contributed by atoms with Crippen LogP contribution in [0.4, 0.5) is 10.1 Å². The van der Waals surface area contributed by atoms with Gasteiger partial charge in [-0.2, -0.15) is 0 Å². The van der Waals surface area contributed by atoms with Crippen molar-refractivity contribution in [2.75, 3.05) is 11.1 Å². The average Bonchev–Trinajstić information content (AvgIpc) is 3.24. The standard InChI is InChI=1S/C16H14ClFN4O2S/c1-2-22-15(13-4-3-7-24-13)20-21-16(22)25-9-14(23)19-12-6-5-10(17)8-11(12)18/h3-8H,2,9H2,1H3,(H,19,23). The molecule has 2 aromatic heterocycles. The Hall–Kier alpha value is -2.32. The first-order valence-corrected chi connectivity index (χ1v) is 8.79. The first kappa shape index (κ1) is 17.5. The van der Waals surface area contributed by atoms with E-state index in [-0.39, 0.29) is 22.4 Å². The molecule has 1 amide bonds. The van der Waals surface area contributed by atoms with Crippen molar-refractivity contribution in [3.63, 3.8) is 0 Å². The highest BCUT2D eigenvalue weighted by molar-refractivity contribution is 7.99. The van der Waals surface area contributed by atoms with Crippen LogP contribution in [-0.4, -0.2) is 26.4 Å². The van der Waals surface area contributed by atoms with Gasteiger partial charge in [-0.25, -0.2) is 4.39 Å². The number of nitrogens with one attached hydrogen (secondary N) is 1. The second-order valence-electron chi connectivity index (χ2n) is 4.99. The van der Waals surface area contributed by atoms with Crippen LogP contribution in [0.15, 0.2) is 46.2 Å². The second-order valence-corrected chi connectivity index (χ2v) is 6.37. The van der Waals surface area contributed by atoms with E-state index in [0.717, 1.165) is 6.07 Å². The predicted octanol–water partition coefficient (Wildman–Crippen LogP) is 4.08. The number of halogens is 2. The van der Waals surface area contributed by atoms with Crippen molar-refractivity contribution in [2.24, 2.45) is 0 Å². The Morgan fingerprint density at radius 3 is 2.92 bits per heavy atom. The summed E-state index contributed by atoms with van der Waals surface area (Å²) in [5.41, 5.74) is 0.0863. The Labute approximate surface area is 152 Å². The summed E-state index contributed by atoms with van der Waals surface area (Å²) in [6, 6.07) is 7.64. The predicted molar refractivity (Wildman–Crippen MR) is 94.2 cm³/mol. The van der Waals surface area contributed by atoms with Crippen molar-refractivity contribution in [1.29, 1.82) is 0 Å². The molecule has 9 heteroatoms. The average molecular weight is 381 g/mol. The number of thioether (sulfide) groups is 1. The lowest BCUT2D eigenvalue weighted by atomic mass is 10.3. The molecule has 3 aromatic rings. The van der Waals surface area contributed by atoms with Crippen LogP contribution in [0, 0.1) is 5.82 Å². The van der Waals surface area contributed by atoms with Gasteiger partial charge in [0.05, 0.1) is 17.7 Å². The summed E-state index contributed by atoms with van der Waals surface area (Å²) in [5.74, 6) is 0.338. The zero-order chi connectivity index (χ0) is 17.8. The minimum Gasteiger partial charge on any atom is -0.461 e. The van der Waals surface area contributed by atoms with Crippen LogP contribution in [0.25, 0.3) is 11.6 Å². The fraction of sp³-hybridized carbons (Fsp3) is 0.188. The van der Waals surface area contributed by atoms with E-state index in [0.29, 0.717) is 23.3 Å². The normalized spacial score (nSPS) is 10.8. The fourth-order valence-electron chi connectivity index (χ4n) is 2.18. The smallest absolute Gasteiger partial charge is 0.234 e. The molecule has 0 atom stereocenters. The number of nitrogens with zero attached hydrogens (tertiary/aromatic N) is 3. The van der Waals surface area contributed by atoms with Crippen molar-refractivity contribution in [1.82, 2.24) is 14.8 Å². The lowest BCUT2D eigenvalue weighted by Gasteiger charge is -2.07. The molecule has 3 rings (SSSR count). The number of hydrogen-bond acceptors (Lipinski definition) is 5. The zero-order valence-electron chi connectivity index (χ0n) is 13.2. The summed E-state index contributed by atoms with van der Waals surface area (Å²) in [6.07, 6.45) is 1.56. The molecule has 0 bridgehead atoms. The Bertz CT molecular complexity index is 882. The van der Waals surface area contributed by atoms with E-state index in [1.54, 1.807) is 18.4 Å². The molecule has 0 aliphatic rings. The Morgan fingerprint density at radius 2 is 2.24 bits per heavy atom. The lowest BCUT2D eigenvalue weighted by molar-refractivity contribution is -0.113. The molecule has 0 unspecified atom stereocenters. The van der Waals surface area contributed by atoms with E-state index in [2.05, 4.69) is 15.5 Å². The fourth-order valence-corrected chi connectivity index (χ4v) is 3.14. The van der Waals surface area contributed by atoms with Crippen molar-refractivity contribution in [3.8, 4) is 11.6 Å². The molecule has 0 saturated heterocycles. The molecule has 0 radical (unpaired) electrons. The van der Waals surface area contributed by atoms with Gasteiger partial charge in [-0.1, -0.05) is 23.4 Å². The third-order valence-electron chi connectivity index (χ3n) is 3.31. The van der Waals surface area contributed by atoms with Crippen LogP contribution in [0.3, 0.4) is 0 Å². The number of furan rings is 1. The van der Waals surface area contributed by atoms with Crippen LogP contribution in [0.5, 0.6) is 0 Å². The van der Waals surface area contributed by atoms with Crippen LogP contribution < -0.4 is 5.32 Å². The molecule has 2 heterocycles. The van der Waals surface area contributed by atoms with Crippen LogP contribution in [0.2, 0.25) is 5.02 Å². The highest BCUT2D eigenvalue weighted by Crippen LogP contribution is 2.25. The number of benzene rings is 1.